The van der Waals surface area contributed by atoms with Crippen LogP contribution in [0.2, 0.25) is 0 Å². The molecule has 1 fully saturated rings. The van der Waals surface area contributed by atoms with E-state index in [1.165, 1.54) is 0 Å². The number of likely N-dealkylation sites (N-methyl/N-ethyl adjacent to an activating group) is 1. The highest BCUT2D eigenvalue weighted by atomic mass is 16.5. The highest BCUT2D eigenvalue weighted by Crippen LogP contribution is 2.44. The summed E-state index contributed by atoms with van der Waals surface area (Å²) in [5.74, 6) is 1.05. The van der Waals surface area contributed by atoms with E-state index >= 15 is 0 Å². The van der Waals surface area contributed by atoms with Crippen LogP contribution in [0.15, 0.2) is 24.3 Å². The Bertz CT molecular complexity index is 558. The first-order valence-corrected chi connectivity index (χ1v) is 8.05. The van der Waals surface area contributed by atoms with Crippen LogP contribution in [-0.2, 0) is 4.79 Å². The topological polar surface area (TPSA) is 70.7 Å². The summed E-state index contributed by atoms with van der Waals surface area (Å²) in [6.07, 6.45) is 0.887. The van der Waals surface area contributed by atoms with Crippen LogP contribution in [0, 0.1) is 0 Å². The largest absolute Gasteiger partial charge is 0.496 e. The van der Waals surface area contributed by atoms with E-state index in [1.54, 1.807) is 12.0 Å². The number of carbonyl (C=O) groups is 2. The van der Waals surface area contributed by atoms with E-state index in [2.05, 4.69) is 10.6 Å². The molecule has 0 aliphatic heterocycles. The summed E-state index contributed by atoms with van der Waals surface area (Å²) in [5.41, 5.74) is 1.11. The van der Waals surface area contributed by atoms with Gasteiger partial charge in [-0.15, -0.1) is 0 Å². The minimum absolute atomic E-state index is 0.0273. The molecular formula is C17H25N3O3. The molecule has 2 atom stereocenters. The summed E-state index contributed by atoms with van der Waals surface area (Å²) >= 11 is 0. The number of rotatable bonds is 7. The number of amides is 3. The monoisotopic (exact) mass is 319 g/mol. The molecule has 0 saturated heterocycles. The zero-order chi connectivity index (χ0) is 16.8. The molecule has 3 amide bonds. The van der Waals surface area contributed by atoms with Gasteiger partial charge in [-0.3, -0.25) is 4.79 Å². The SMILES string of the molecule is CCN(CC)C(=O)CNC(=O)N[C@H]1C[C@@H]1c1ccccc1OC. The lowest BCUT2D eigenvalue weighted by atomic mass is 10.1. The van der Waals surface area contributed by atoms with Gasteiger partial charge in [0.05, 0.1) is 13.7 Å². The van der Waals surface area contributed by atoms with Crippen LogP contribution in [0.4, 0.5) is 4.79 Å². The standard InChI is InChI=1S/C17H25N3O3/c1-4-20(5-2)16(21)11-18-17(22)19-14-10-13(14)12-8-6-7-9-15(12)23-3/h6-9,13-14H,4-5,10-11H2,1-3H3,(H2,18,19,22)/t13-,14+/m1/s1. The molecule has 1 aliphatic carbocycles. The second-order valence-corrected chi connectivity index (χ2v) is 5.58. The van der Waals surface area contributed by atoms with Crippen molar-refractivity contribution >= 4 is 11.9 Å². The van der Waals surface area contributed by atoms with Gasteiger partial charge in [0.25, 0.3) is 0 Å². The maximum Gasteiger partial charge on any atom is 0.315 e. The number of benzene rings is 1. The highest BCUT2D eigenvalue weighted by Gasteiger charge is 2.41. The molecule has 2 rings (SSSR count). The van der Waals surface area contributed by atoms with Crippen LogP contribution in [0.3, 0.4) is 0 Å². The lowest BCUT2D eigenvalue weighted by Crippen LogP contribution is -2.44. The normalized spacial score (nSPS) is 18.9. The van der Waals surface area contributed by atoms with Gasteiger partial charge in [-0.1, -0.05) is 18.2 Å². The Morgan fingerprint density at radius 2 is 1.96 bits per heavy atom. The number of nitrogens with one attached hydrogen (secondary N) is 2. The first-order valence-electron chi connectivity index (χ1n) is 8.05. The van der Waals surface area contributed by atoms with Crippen LogP contribution in [0.1, 0.15) is 31.7 Å². The van der Waals surface area contributed by atoms with Crippen molar-refractivity contribution in [3.63, 3.8) is 0 Å². The fourth-order valence-corrected chi connectivity index (χ4v) is 2.73. The van der Waals surface area contributed by atoms with E-state index in [0.29, 0.717) is 13.1 Å². The Morgan fingerprint density at radius 3 is 2.61 bits per heavy atom. The molecule has 2 N–H and O–H groups in total. The lowest BCUT2D eigenvalue weighted by molar-refractivity contribution is -0.129. The van der Waals surface area contributed by atoms with Gasteiger partial charge in [0, 0.05) is 25.0 Å². The van der Waals surface area contributed by atoms with Gasteiger partial charge in [0.2, 0.25) is 5.91 Å². The molecule has 1 saturated carbocycles. The third-order valence-electron chi connectivity index (χ3n) is 4.16. The third kappa shape index (κ3) is 4.37. The van der Waals surface area contributed by atoms with Gasteiger partial charge in [-0.2, -0.15) is 0 Å². The fraction of sp³-hybridized carbons (Fsp3) is 0.529. The summed E-state index contributed by atoms with van der Waals surface area (Å²) < 4.78 is 5.35. The number of methoxy groups -OCH3 is 1. The minimum atomic E-state index is -0.298. The second-order valence-electron chi connectivity index (χ2n) is 5.58. The predicted molar refractivity (Wildman–Crippen MR) is 88.6 cm³/mol. The van der Waals surface area contributed by atoms with Gasteiger partial charge in [0.15, 0.2) is 0 Å². The molecule has 6 heteroatoms. The molecule has 0 bridgehead atoms. The molecule has 0 radical (unpaired) electrons. The van der Waals surface area contributed by atoms with Gasteiger partial charge in [-0.25, -0.2) is 4.79 Å². The Kier molecular flexibility index (Phi) is 5.84. The van der Waals surface area contributed by atoms with Crippen LogP contribution in [-0.4, -0.2) is 49.6 Å². The maximum atomic E-state index is 11.9. The van der Waals surface area contributed by atoms with E-state index in [-0.39, 0.29) is 30.4 Å². The Labute approximate surface area is 137 Å². The number of carbonyl (C=O) groups excluding carboxylic acids is 2. The number of hydrogen-bond donors (Lipinski definition) is 2. The zero-order valence-corrected chi connectivity index (χ0v) is 14.0. The number of hydrogen-bond acceptors (Lipinski definition) is 3. The van der Waals surface area contributed by atoms with E-state index in [9.17, 15) is 9.59 Å². The number of nitrogens with zero attached hydrogens (tertiary/aromatic N) is 1. The van der Waals surface area contributed by atoms with Crippen molar-refractivity contribution in [3.8, 4) is 5.75 Å². The maximum absolute atomic E-state index is 11.9. The van der Waals surface area contributed by atoms with E-state index in [4.69, 9.17) is 4.74 Å². The van der Waals surface area contributed by atoms with Crippen molar-refractivity contribution in [1.29, 1.82) is 0 Å². The van der Waals surface area contributed by atoms with Gasteiger partial charge in [0.1, 0.15) is 5.75 Å². The molecule has 23 heavy (non-hydrogen) atoms. The van der Waals surface area contributed by atoms with Crippen molar-refractivity contribution in [2.24, 2.45) is 0 Å². The van der Waals surface area contributed by atoms with Crippen LogP contribution in [0.5, 0.6) is 5.75 Å². The van der Waals surface area contributed by atoms with Gasteiger partial charge >= 0.3 is 6.03 Å². The molecule has 6 nitrogen and oxygen atoms in total. The molecule has 126 valence electrons. The van der Waals surface area contributed by atoms with Crippen molar-refractivity contribution in [2.45, 2.75) is 32.2 Å². The Morgan fingerprint density at radius 1 is 1.26 bits per heavy atom. The molecule has 0 spiro atoms. The molecular weight excluding hydrogens is 294 g/mol. The van der Waals surface area contributed by atoms with E-state index in [0.717, 1.165) is 17.7 Å². The average Bonchev–Trinajstić information content (AvgIpc) is 3.32. The van der Waals surface area contributed by atoms with Crippen molar-refractivity contribution in [2.75, 3.05) is 26.7 Å². The molecule has 1 aromatic rings. The quantitative estimate of drug-likeness (QED) is 0.804. The molecule has 0 heterocycles. The number of para-hydroxylation sites is 1. The summed E-state index contributed by atoms with van der Waals surface area (Å²) in [6.45, 7) is 5.17. The number of ether oxygens (including phenoxy) is 1. The Hall–Kier alpha value is -2.24. The van der Waals surface area contributed by atoms with Crippen molar-refractivity contribution in [3.05, 3.63) is 29.8 Å². The van der Waals surface area contributed by atoms with Crippen molar-refractivity contribution < 1.29 is 14.3 Å². The summed E-state index contributed by atoms with van der Waals surface area (Å²) in [4.78, 5) is 25.4. The molecule has 1 aliphatic rings. The smallest absolute Gasteiger partial charge is 0.315 e. The van der Waals surface area contributed by atoms with Crippen LogP contribution in [0.25, 0.3) is 0 Å². The summed E-state index contributed by atoms with van der Waals surface area (Å²) in [5, 5.41) is 5.54. The van der Waals surface area contributed by atoms with E-state index in [1.807, 2.05) is 38.1 Å². The Balaban J connectivity index is 1.79. The average molecular weight is 319 g/mol. The summed E-state index contributed by atoms with van der Waals surface area (Å²) in [6, 6.07) is 7.64. The zero-order valence-electron chi connectivity index (χ0n) is 14.0. The first-order chi connectivity index (χ1) is 11.1. The third-order valence-corrected chi connectivity index (χ3v) is 4.16. The lowest BCUT2D eigenvalue weighted by Gasteiger charge is -2.18. The predicted octanol–water partition coefficient (Wildman–Crippen LogP) is 1.72. The minimum Gasteiger partial charge on any atom is -0.496 e. The molecule has 0 unspecified atom stereocenters. The van der Waals surface area contributed by atoms with E-state index < -0.39 is 0 Å². The van der Waals surface area contributed by atoms with Crippen LogP contribution < -0.4 is 15.4 Å². The fourth-order valence-electron chi connectivity index (χ4n) is 2.73. The number of urea groups is 1. The summed E-state index contributed by atoms with van der Waals surface area (Å²) in [7, 11) is 1.65. The van der Waals surface area contributed by atoms with Crippen molar-refractivity contribution in [1.82, 2.24) is 15.5 Å². The second kappa shape index (κ2) is 7.85. The van der Waals surface area contributed by atoms with Gasteiger partial charge in [-0.05, 0) is 31.9 Å². The highest BCUT2D eigenvalue weighted by molar-refractivity contribution is 5.84. The molecule has 0 aromatic heterocycles. The first kappa shape index (κ1) is 17.1. The van der Waals surface area contributed by atoms with Gasteiger partial charge < -0.3 is 20.3 Å². The van der Waals surface area contributed by atoms with Crippen LogP contribution >= 0.6 is 0 Å². The molecule has 1 aromatic carbocycles.